The molecule has 2 atom stereocenters. The molecule has 17 heavy (non-hydrogen) atoms. The van der Waals surface area contributed by atoms with Gasteiger partial charge in [0.05, 0.1) is 12.3 Å². The molecule has 3 nitrogen and oxygen atoms in total. The second-order valence-electron chi connectivity index (χ2n) is 4.15. The van der Waals surface area contributed by atoms with Gasteiger partial charge in [0, 0.05) is 18.4 Å². The van der Waals surface area contributed by atoms with E-state index in [9.17, 15) is 0 Å². The molecule has 3 heteroatoms. The van der Waals surface area contributed by atoms with Crippen LogP contribution in [-0.2, 0) is 0 Å². The van der Waals surface area contributed by atoms with E-state index < -0.39 is 0 Å². The molecule has 0 spiro atoms. The minimum Gasteiger partial charge on any atom is -0.468 e. The average Bonchev–Trinajstić information content (AvgIpc) is 2.90. The third-order valence-corrected chi connectivity index (χ3v) is 2.95. The summed E-state index contributed by atoms with van der Waals surface area (Å²) in [5, 5.41) is 3.56. The zero-order valence-electron chi connectivity index (χ0n) is 10.3. The molecule has 2 heterocycles. The second-order valence-corrected chi connectivity index (χ2v) is 4.15. The maximum atomic E-state index is 5.45. The molecule has 0 aromatic carbocycles. The molecule has 90 valence electrons. The summed E-state index contributed by atoms with van der Waals surface area (Å²) in [6, 6.07) is 8.55. The van der Waals surface area contributed by atoms with E-state index in [4.69, 9.17) is 4.42 Å². The Morgan fingerprint density at radius 3 is 2.65 bits per heavy atom. The summed E-state index contributed by atoms with van der Waals surface area (Å²) in [5.74, 6) is 0.994. The number of hydrogen-bond acceptors (Lipinski definition) is 3. The highest BCUT2D eigenvalue weighted by molar-refractivity contribution is 5.15. The van der Waals surface area contributed by atoms with Crippen molar-refractivity contribution in [2.24, 2.45) is 0 Å². The monoisotopic (exact) mass is 230 g/mol. The van der Waals surface area contributed by atoms with Crippen LogP contribution < -0.4 is 5.32 Å². The molecule has 2 aromatic heterocycles. The van der Waals surface area contributed by atoms with Crippen molar-refractivity contribution in [3.63, 3.8) is 0 Å². The van der Waals surface area contributed by atoms with Gasteiger partial charge in [-0.3, -0.25) is 4.98 Å². The normalized spacial score (nSPS) is 14.5. The van der Waals surface area contributed by atoms with Gasteiger partial charge in [0.1, 0.15) is 5.76 Å². The zero-order chi connectivity index (χ0) is 12.1. The molecule has 1 unspecified atom stereocenters. The van der Waals surface area contributed by atoms with E-state index in [-0.39, 0.29) is 12.1 Å². The molecule has 0 fully saturated rings. The lowest BCUT2D eigenvalue weighted by atomic mass is 10.1. The highest BCUT2D eigenvalue weighted by Crippen LogP contribution is 2.21. The van der Waals surface area contributed by atoms with Crippen LogP contribution in [0.15, 0.2) is 47.3 Å². The van der Waals surface area contributed by atoms with Crippen molar-refractivity contribution in [3.05, 3.63) is 54.2 Å². The molecule has 0 aliphatic rings. The smallest absolute Gasteiger partial charge is 0.120 e. The van der Waals surface area contributed by atoms with E-state index in [1.807, 2.05) is 36.7 Å². The first-order chi connectivity index (χ1) is 8.31. The summed E-state index contributed by atoms with van der Waals surface area (Å²) in [7, 11) is 0. The molecule has 0 aliphatic carbocycles. The van der Waals surface area contributed by atoms with Gasteiger partial charge in [-0.2, -0.15) is 0 Å². The van der Waals surface area contributed by atoms with E-state index in [2.05, 4.69) is 24.1 Å². The molecule has 2 rings (SSSR count). The van der Waals surface area contributed by atoms with Crippen molar-refractivity contribution >= 4 is 0 Å². The van der Waals surface area contributed by atoms with Crippen LogP contribution >= 0.6 is 0 Å². The number of aromatic nitrogens is 1. The Morgan fingerprint density at radius 2 is 2.06 bits per heavy atom. The van der Waals surface area contributed by atoms with Gasteiger partial charge in [-0.25, -0.2) is 0 Å². The van der Waals surface area contributed by atoms with Gasteiger partial charge in [-0.15, -0.1) is 0 Å². The van der Waals surface area contributed by atoms with Crippen LogP contribution in [0.1, 0.15) is 43.7 Å². The fourth-order valence-electron chi connectivity index (χ4n) is 1.94. The second kappa shape index (κ2) is 5.64. The third-order valence-electron chi connectivity index (χ3n) is 2.95. The van der Waals surface area contributed by atoms with Crippen LogP contribution in [0.3, 0.4) is 0 Å². The lowest BCUT2D eigenvalue weighted by Gasteiger charge is -2.20. The number of nitrogens with one attached hydrogen (secondary N) is 1. The summed E-state index contributed by atoms with van der Waals surface area (Å²) in [6.07, 6.45) is 6.36. The van der Waals surface area contributed by atoms with Gasteiger partial charge in [-0.05, 0) is 43.2 Å². The fourth-order valence-corrected chi connectivity index (χ4v) is 1.94. The summed E-state index contributed by atoms with van der Waals surface area (Å²) in [5.41, 5.74) is 1.24. The van der Waals surface area contributed by atoms with Crippen molar-refractivity contribution in [2.45, 2.75) is 32.4 Å². The standard InChI is InChI=1S/C14H18N2O/c1-3-13(14-5-4-10-17-14)16-11(2)12-6-8-15-9-7-12/h4-11,13,16H,3H2,1-2H3/t11-,13?/m0/s1. The van der Waals surface area contributed by atoms with Crippen molar-refractivity contribution in [1.82, 2.24) is 10.3 Å². The van der Waals surface area contributed by atoms with Gasteiger partial charge in [-0.1, -0.05) is 6.92 Å². The first-order valence-corrected chi connectivity index (χ1v) is 6.00. The number of pyridine rings is 1. The maximum Gasteiger partial charge on any atom is 0.120 e. The molecular formula is C14H18N2O. The van der Waals surface area contributed by atoms with E-state index in [1.54, 1.807) is 6.26 Å². The van der Waals surface area contributed by atoms with E-state index in [1.165, 1.54) is 5.56 Å². The van der Waals surface area contributed by atoms with Crippen LogP contribution in [0.4, 0.5) is 0 Å². The Bertz CT molecular complexity index is 425. The van der Waals surface area contributed by atoms with Gasteiger partial charge in [0.2, 0.25) is 0 Å². The number of furan rings is 1. The van der Waals surface area contributed by atoms with Crippen molar-refractivity contribution in [3.8, 4) is 0 Å². The van der Waals surface area contributed by atoms with E-state index >= 15 is 0 Å². The van der Waals surface area contributed by atoms with Crippen LogP contribution in [0.25, 0.3) is 0 Å². The Morgan fingerprint density at radius 1 is 1.29 bits per heavy atom. The zero-order valence-corrected chi connectivity index (χ0v) is 10.3. The Hall–Kier alpha value is -1.61. The quantitative estimate of drug-likeness (QED) is 0.854. The summed E-state index contributed by atoms with van der Waals surface area (Å²) in [4.78, 5) is 4.03. The average molecular weight is 230 g/mol. The molecule has 0 bridgehead atoms. The Labute approximate surface area is 102 Å². The third kappa shape index (κ3) is 2.94. The Kier molecular flexibility index (Phi) is 3.94. The van der Waals surface area contributed by atoms with Crippen molar-refractivity contribution in [1.29, 1.82) is 0 Å². The molecule has 0 saturated heterocycles. The molecule has 0 aliphatic heterocycles. The topological polar surface area (TPSA) is 38.1 Å². The van der Waals surface area contributed by atoms with Gasteiger partial charge in [0.15, 0.2) is 0 Å². The van der Waals surface area contributed by atoms with Crippen molar-refractivity contribution < 1.29 is 4.42 Å². The minimum atomic E-state index is 0.258. The first kappa shape index (κ1) is 11.9. The summed E-state index contributed by atoms with van der Waals surface area (Å²) in [6.45, 7) is 4.31. The predicted octanol–water partition coefficient (Wildman–Crippen LogP) is 3.48. The lowest BCUT2D eigenvalue weighted by Crippen LogP contribution is -2.23. The van der Waals surface area contributed by atoms with Crippen LogP contribution in [0.5, 0.6) is 0 Å². The summed E-state index contributed by atoms with van der Waals surface area (Å²) < 4.78 is 5.45. The highest BCUT2D eigenvalue weighted by Gasteiger charge is 2.15. The van der Waals surface area contributed by atoms with Gasteiger partial charge < -0.3 is 9.73 Å². The predicted molar refractivity (Wildman–Crippen MR) is 67.5 cm³/mol. The molecular weight excluding hydrogens is 212 g/mol. The van der Waals surface area contributed by atoms with E-state index in [0.717, 1.165) is 12.2 Å². The molecule has 0 saturated carbocycles. The molecule has 0 amide bonds. The minimum absolute atomic E-state index is 0.258. The largest absolute Gasteiger partial charge is 0.468 e. The summed E-state index contributed by atoms with van der Waals surface area (Å²) >= 11 is 0. The van der Waals surface area contributed by atoms with Crippen molar-refractivity contribution in [2.75, 3.05) is 0 Å². The fraction of sp³-hybridized carbons (Fsp3) is 0.357. The van der Waals surface area contributed by atoms with Gasteiger partial charge in [0.25, 0.3) is 0 Å². The lowest BCUT2D eigenvalue weighted by molar-refractivity contribution is 0.376. The van der Waals surface area contributed by atoms with Crippen LogP contribution in [0.2, 0.25) is 0 Å². The maximum absolute atomic E-state index is 5.45. The van der Waals surface area contributed by atoms with E-state index in [0.29, 0.717) is 0 Å². The highest BCUT2D eigenvalue weighted by atomic mass is 16.3. The van der Waals surface area contributed by atoms with Crippen LogP contribution in [0, 0.1) is 0 Å². The SMILES string of the molecule is CCC(N[C@@H](C)c1ccncc1)c1ccco1. The number of hydrogen-bond donors (Lipinski definition) is 1. The molecule has 2 aromatic rings. The number of rotatable bonds is 5. The van der Waals surface area contributed by atoms with Crippen LogP contribution in [-0.4, -0.2) is 4.98 Å². The number of nitrogens with zero attached hydrogens (tertiary/aromatic N) is 1. The first-order valence-electron chi connectivity index (χ1n) is 6.00. The molecule has 0 radical (unpaired) electrons. The van der Waals surface area contributed by atoms with Gasteiger partial charge >= 0.3 is 0 Å². The molecule has 1 N–H and O–H groups in total. The Balaban J connectivity index is 2.05.